The third-order valence-corrected chi connectivity index (χ3v) is 9.81. The Bertz CT molecular complexity index is 1630. The van der Waals surface area contributed by atoms with Crippen LogP contribution in [0.2, 0.25) is 0 Å². The zero-order chi connectivity index (χ0) is 27.1. The molecule has 3 amide bonds. The van der Waals surface area contributed by atoms with Crippen molar-refractivity contribution < 1.29 is 23.9 Å². The molecule has 10 heteroatoms. The molecule has 4 atom stereocenters. The van der Waals surface area contributed by atoms with Crippen LogP contribution in [-0.2, 0) is 39.2 Å². The highest BCUT2D eigenvalue weighted by molar-refractivity contribution is 7.17. The van der Waals surface area contributed by atoms with Gasteiger partial charge >= 0.3 is 0 Å². The van der Waals surface area contributed by atoms with E-state index >= 15 is 0 Å². The van der Waals surface area contributed by atoms with Gasteiger partial charge in [-0.15, -0.1) is 11.3 Å². The minimum Gasteiger partial charge on any atom is -0.508 e. The van der Waals surface area contributed by atoms with Crippen LogP contribution in [0.4, 0.5) is 15.1 Å². The van der Waals surface area contributed by atoms with E-state index in [0.29, 0.717) is 28.2 Å². The fourth-order valence-corrected chi connectivity index (χ4v) is 8.21. The second kappa shape index (κ2) is 8.46. The van der Waals surface area contributed by atoms with Crippen molar-refractivity contribution in [2.45, 2.75) is 43.7 Å². The van der Waals surface area contributed by atoms with Crippen molar-refractivity contribution in [3.05, 3.63) is 75.4 Å². The number of nitrogens with one attached hydrogen (secondary N) is 2. The van der Waals surface area contributed by atoms with E-state index in [0.717, 1.165) is 46.6 Å². The smallest absolute Gasteiger partial charge is 0.250 e. The summed E-state index contributed by atoms with van der Waals surface area (Å²) in [5, 5.41) is 26.2. The molecule has 3 N–H and O–H groups in total. The number of halogens is 1. The topological polar surface area (TPSA) is 123 Å². The lowest BCUT2D eigenvalue weighted by atomic mass is 9.76. The minimum absolute atomic E-state index is 0.0936. The van der Waals surface area contributed by atoms with Gasteiger partial charge in [-0.3, -0.25) is 19.7 Å². The largest absolute Gasteiger partial charge is 0.508 e. The Hall–Kier alpha value is -4.07. The van der Waals surface area contributed by atoms with Crippen molar-refractivity contribution in [1.29, 1.82) is 5.26 Å². The summed E-state index contributed by atoms with van der Waals surface area (Å²) in [6.07, 6.45) is 3.73. The van der Waals surface area contributed by atoms with E-state index in [9.17, 15) is 29.1 Å². The molecule has 4 aliphatic rings. The molecule has 2 saturated heterocycles. The summed E-state index contributed by atoms with van der Waals surface area (Å²) >= 11 is 1.31. The molecular formula is C29H23FN4O4S. The number of aryl methyl sites for hydroxylation is 1. The highest BCUT2D eigenvalue weighted by atomic mass is 32.1. The molecule has 196 valence electrons. The lowest BCUT2D eigenvalue weighted by Gasteiger charge is -2.29. The predicted octanol–water partition coefficient (Wildman–Crippen LogP) is 3.51. The summed E-state index contributed by atoms with van der Waals surface area (Å²) in [6.45, 7) is 0. The quantitative estimate of drug-likeness (QED) is 0.436. The third kappa shape index (κ3) is 3.27. The lowest BCUT2D eigenvalue weighted by Crippen LogP contribution is -2.53. The number of phenolic OH excluding ortho intramolecular Hbond substituents is 1. The van der Waals surface area contributed by atoms with E-state index in [2.05, 4.69) is 16.7 Å². The first-order valence-corrected chi connectivity index (χ1v) is 13.7. The summed E-state index contributed by atoms with van der Waals surface area (Å²) in [4.78, 5) is 44.3. The van der Waals surface area contributed by atoms with E-state index in [-0.39, 0.29) is 5.75 Å². The molecular weight excluding hydrogens is 519 g/mol. The first kappa shape index (κ1) is 24.0. The number of carbonyl (C=O) groups excluding carboxylic acids is 3. The van der Waals surface area contributed by atoms with Crippen LogP contribution in [0.25, 0.3) is 0 Å². The van der Waals surface area contributed by atoms with Crippen molar-refractivity contribution in [1.82, 2.24) is 5.32 Å². The number of hydrogen-bond donors (Lipinski definition) is 3. The van der Waals surface area contributed by atoms with Crippen LogP contribution >= 0.6 is 11.3 Å². The average molecular weight is 543 g/mol. The minimum atomic E-state index is -1.64. The van der Waals surface area contributed by atoms with E-state index in [1.807, 2.05) is 0 Å². The van der Waals surface area contributed by atoms with E-state index in [1.54, 1.807) is 12.1 Å². The number of imide groups is 1. The van der Waals surface area contributed by atoms with Gasteiger partial charge in [0.2, 0.25) is 17.7 Å². The second-order valence-electron chi connectivity index (χ2n) is 10.6. The maximum atomic E-state index is 14.5. The van der Waals surface area contributed by atoms with Crippen LogP contribution < -0.4 is 15.5 Å². The van der Waals surface area contributed by atoms with Gasteiger partial charge in [0, 0.05) is 22.2 Å². The maximum Gasteiger partial charge on any atom is 0.250 e. The van der Waals surface area contributed by atoms with E-state index < -0.39 is 47.0 Å². The number of rotatable bonds is 3. The highest BCUT2D eigenvalue weighted by Crippen LogP contribution is 2.55. The standard InChI is InChI=1S/C29H23FN4O4S/c30-15-7-10-20-19(12-15)29(28(38)32-20)24-23(21(33-29)11-14-5-8-16(35)9-6-14)25(36)34(26(24)37)27-18(13-31)17-3-1-2-4-22(17)39-27/h5-10,12,21,23-24,33,35H,1-4,11H2,(H,32,38). The molecule has 8 nitrogen and oxygen atoms in total. The van der Waals surface area contributed by atoms with Gasteiger partial charge in [-0.2, -0.15) is 5.26 Å². The number of thiophene rings is 1. The summed E-state index contributed by atoms with van der Waals surface area (Å²) in [5.41, 5.74) is 1.10. The fraction of sp³-hybridized carbons (Fsp3) is 0.310. The van der Waals surface area contributed by atoms with Crippen LogP contribution in [0.3, 0.4) is 0 Å². The molecule has 1 aliphatic carbocycles. The molecule has 1 spiro atoms. The van der Waals surface area contributed by atoms with Crippen molar-refractivity contribution in [3.8, 4) is 11.8 Å². The zero-order valence-electron chi connectivity index (χ0n) is 20.7. The number of benzene rings is 2. The van der Waals surface area contributed by atoms with Crippen LogP contribution in [0, 0.1) is 29.0 Å². The first-order chi connectivity index (χ1) is 18.8. The molecule has 2 aromatic carbocycles. The Morgan fingerprint density at radius 2 is 1.87 bits per heavy atom. The second-order valence-corrected chi connectivity index (χ2v) is 11.7. The Kier molecular flexibility index (Phi) is 5.21. The fourth-order valence-electron chi connectivity index (χ4n) is 6.86. The molecule has 7 rings (SSSR count). The Balaban J connectivity index is 1.38. The molecule has 2 fully saturated rings. The normalized spacial score (nSPS) is 26.9. The maximum absolute atomic E-state index is 14.5. The SMILES string of the molecule is N#Cc1c(N2C(=O)C3C(Cc4ccc(O)cc4)NC4(C(=O)Nc5ccc(F)cc54)C3C2=O)sc2c1CCCC2. The molecule has 0 saturated carbocycles. The number of carbonyl (C=O) groups is 3. The number of nitrogens with zero attached hydrogens (tertiary/aromatic N) is 2. The van der Waals surface area contributed by atoms with Gasteiger partial charge in [-0.25, -0.2) is 9.29 Å². The molecule has 1 aromatic heterocycles. The molecule has 0 radical (unpaired) electrons. The Morgan fingerprint density at radius 1 is 1.10 bits per heavy atom. The summed E-state index contributed by atoms with van der Waals surface area (Å²) < 4.78 is 14.5. The van der Waals surface area contributed by atoms with Crippen LogP contribution in [0.5, 0.6) is 5.75 Å². The lowest BCUT2D eigenvalue weighted by molar-refractivity contribution is -0.130. The van der Waals surface area contributed by atoms with Crippen molar-refractivity contribution >= 4 is 39.7 Å². The predicted molar refractivity (Wildman–Crippen MR) is 141 cm³/mol. The Morgan fingerprint density at radius 3 is 2.64 bits per heavy atom. The van der Waals surface area contributed by atoms with E-state index in [4.69, 9.17) is 0 Å². The zero-order valence-corrected chi connectivity index (χ0v) is 21.5. The molecule has 3 aliphatic heterocycles. The summed E-state index contributed by atoms with van der Waals surface area (Å²) in [5.74, 6) is -4.05. The molecule has 39 heavy (non-hydrogen) atoms. The first-order valence-electron chi connectivity index (χ1n) is 12.9. The third-order valence-electron chi connectivity index (χ3n) is 8.54. The van der Waals surface area contributed by atoms with Gasteiger partial charge in [0.05, 0.1) is 17.4 Å². The van der Waals surface area contributed by atoms with Gasteiger partial charge in [0.15, 0.2) is 0 Å². The van der Waals surface area contributed by atoms with Gasteiger partial charge in [0.25, 0.3) is 0 Å². The Labute approximate surface area is 227 Å². The van der Waals surface area contributed by atoms with Crippen LogP contribution in [0.1, 0.15) is 40.0 Å². The number of amides is 3. The van der Waals surface area contributed by atoms with Gasteiger partial charge < -0.3 is 10.4 Å². The monoisotopic (exact) mass is 542 g/mol. The van der Waals surface area contributed by atoms with Gasteiger partial charge in [0.1, 0.15) is 28.2 Å². The number of anilines is 2. The van der Waals surface area contributed by atoms with Gasteiger partial charge in [-0.05, 0) is 73.6 Å². The average Bonchev–Trinajstić information content (AvgIpc) is 3.61. The number of nitriles is 1. The number of fused-ring (bicyclic) bond motifs is 5. The summed E-state index contributed by atoms with van der Waals surface area (Å²) in [7, 11) is 0. The molecule has 0 bridgehead atoms. The van der Waals surface area contributed by atoms with E-state index in [1.165, 1.54) is 41.7 Å². The highest BCUT2D eigenvalue weighted by Gasteiger charge is 2.71. The van der Waals surface area contributed by atoms with Gasteiger partial charge in [-0.1, -0.05) is 12.1 Å². The van der Waals surface area contributed by atoms with Crippen molar-refractivity contribution in [3.63, 3.8) is 0 Å². The molecule has 4 unspecified atom stereocenters. The summed E-state index contributed by atoms with van der Waals surface area (Å²) in [6, 6.07) is 12.0. The molecule has 3 aromatic rings. The number of hydrogen-bond acceptors (Lipinski definition) is 7. The number of phenols is 1. The van der Waals surface area contributed by atoms with Crippen molar-refractivity contribution in [2.75, 3.05) is 10.2 Å². The van der Waals surface area contributed by atoms with Crippen LogP contribution in [0.15, 0.2) is 42.5 Å². The van der Waals surface area contributed by atoms with Crippen molar-refractivity contribution in [2.24, 2.45) is 11.8 Å². The van der Waals surface area contributed by atoms with Crippen LogP contribution in [-0.4, -0.2) is 28.9 Å². The molecule has 4 heterocycles. The number of aromatic hydroxyl groups is 1.